The SMILES string of the molecule is COc1ccc([C@H]2CC(=O)[C@H](C)[C@@H](c3ccc(OC)cc3)N2OCCc2nc3ccccc3[nH]2)cc1. The molecule has 3 aromatic carbocycles. The lowest BCUT2D eigenvalue weighted by atomic mass is 9.81. The third kappa shape index (κ3) is 4.85. The van der Waals surface area contributed by atoms with Gasteiger partial charge in [-0.05, 0) is 47.5 Å². The molecule has 1 aliphatic heterocycles. The standard InChI is InChI=1S/C29H31N3O4/c1-19-27(33)18-26(20-8-12-22(34-2)13-9-20)32(29(19)21-10-14-23(35-3)15-11-21)36-17-16-28-30-24-6-4-5-7-25(24)31-28/h4-15,19,26,29H,16-18H2,1-3H3,(H,30,31)/t19-,26+,29-/m0/s1. The number of benzene rings is 3. The van der Waals surface area contributed by atoms with Crippen LogP contribution in [0.25, 0.3) is 11.0 Å². The number of rotatable bonds is 8. The molecule has 2 heterocycles. The van der Waals surface area contributed by atoms with Gasteiger partial charge < -0.3 is 14.5 Å². The summed E-state index contributed by atoms with van der Waals surface area (Å²) in [4.78, 5) is 27.8. The minimum absolute atomic E-state index is 0.216. The van der Waals surface area contributed by atoms with Crippen molar-refractivity contribution in [3.05, 3.63) is 89.7 Å². The Balaban J connectivity index is 1.44. The molecule has 36 heavy (non-hydrogen) atoms. The summed E-state index contributed by atoms with van der Waals surface area (Å²) >= 11 is 0. The maximum atomic E-state index is 13.2. The van der Waals surface area contributed by atoms with E-state index in [0.29, 0.717) is 19.4 Å². The van der Waals surface area contributed by atoms with Gasteiger partial charge in [0.15, 0.2) is 0 Å². The van der Waals surface area contributed by atoms with E-state index in [0.717, 1.165) is 39.5 Å². The van der Waals surface area contributed by atoms with E-state index < -0.39 is 0 Å². The highest BCUT2D eigenvalue weighted by Crippen LogP contribution is 2.44. The second-order valence-corrected chi connectivity index (χ2v) is 9.11. The van der Waals surface area contributed by atoms with Crippen molar-refractivity contribution in [3.63, 3.8) is 0 Å². The van der Waals surface area contributed by atoms with Gasteiger partial charge in [-0.25, -0.2) is 4.98 Å². The van der Waals surface area contributed by atoms with Crippen molar-refractivity contribution in [3.8, 4) is 11.5 Å². The van der Waals surface area contributed by atoms with Crippen LogP contribution in [0.4, 0.5) is 0 Å². The van der Waals surface area contributed by atoms with Gasteiger partial charge in [-0.2, -0.15) is 5.06 Å². The second-order valence-electron chi connectivity index (χ2n) is 9.11. The molecule has 4 aromatic rings. The molecule has 1 fully saturated rings. The number of ketones is 1. The molecular weight excluding hydrogens is 454 g/mol. The van der Waals surface area contributed by atoms with Crippen LogP contribution in [0.2, 0.25) is 0 Å². The van der Waals surface area contributed by atoms with Crippen LogP contribution in [0.5, 0.6) is 11.5 Å². The van der Waals surface area contributed by atoms with Gasteiger partial charge in [-0.1, -0.05) is 43.3 Å². The minimum atomic E-state index is -0.236. The zero-order valence-electron chi connectivity index (χ0n) is 20.8. The molecule has 0 saturated carbocycles. The summed E-state index contributed by atoms with van der Waals surface area (Å²) in [7, 11) is 3.29. The number of hydroxylamine groups is 2. The number of hydrogen-bond donors (Lipinski definition) is 1. The number of para-hydroxylation sites is 2. The number of Topliss-reactive ketones (excluding diaryl/α,β-unsaturated/α-hetero) is 1. The number of fused-ring (bicyclic) bond motifs is 1. The third-order valence-corrected chi connectivity index (χ3v) is 6.93. The fourth-order valence-electron chi connectivity index (χ4n) is 4.93. The Morgan fingerprint density at radius 1 is 0.917 bits per heavy atom. The molecular formula is C29H31N3O4. The Morgan fingerprint density at radius 3 is 2.19 bits per heavy atom. The second kappa shape index (κ2) is 10.5. The van der Waals surface area contributed by atoms with Crippen LogP contribution in [0, 0.1) is 5.92 Å². The summed E-state index contributed by atoms with van der Waals surface area (Å²) in [5.74, 6) is 2.42. The van der Waals surface area contributed by atoms with Crippen LogP contribution < -0.4 is 9.47 Å². The topological polar surface area (TPSA) is 76.7 Å². The molecule has 7 nitrogen and oxygen atoms in total. The predicted molar refractivity (Wildman–Crippen MR) is 138 cm³/mol. The number of methoxy groups -OCH3 is 2. The summed E-state index contributed by atoms with van der Waals surface area (Å²) in [6.07, 6.45) is 1.00. The molecule has 0 spiro atoms. The fraction of sp³-hybridized carbons (Fsp3) is 0.310. The lowest BCUT2D eigenvalue weighted by Gasteiger charge is -2.44. The molecule has 186 valence electrons. The number of ether oxygens (including phenoxy) is 2. The Morgan fingerprint density at radius 2 is 1.56 bits per heavy atom. The highest BCUT2D eigenvalue weighted by molar-refractivity contribution is 5.83. The lowest BCUT2D eigenvalue weighted by molar-refractivity contribution is -0.237. The number of nitrogens with zero attached hydrogens (tertiary/aromatic N) is 2. The molecule has 1 aliphatic rings. The van der Waals surface area contributed by atoms with Gasteiger partial charge >= 0.3 is 0 Å². The highest BCUT2D eigenvalue weighted by Gasteiger charge is 2.42. The number of H-pyrrole nitrogens is 1. The smallest absolute Gasteiger partial charge is 0.139 e. The van der Waals surface area contributed by atoms with Crippen LogP contribution in [0.15, 0.2) is 72.8 Å². The van der Waals surface area contributed by atoms with Gasteiger partial charge in [0.25, 0.3) is 0 Å². The van der Waals surface area contributed by atoms with E-state index in [2.05, 4.69) is 9.97 Å². The van der Waals surface area contributed by atoms with E-state index in [1.165, 1.54) is 0 Å². The maximum Gasteiger partial charge on any atom is 0.139 e. The molecule has 1 aromatic heterocycles. The highest BCUT2D eigenvalue weighted by atomic mass is 16.7. The fourth-order valence-corrected chi connectivity index (χ4v) is 4.93. The van der Waals surface area contributed by atoms with Crippen LogP contribution in [-0.4, -0.2) is 41.6 Å². The molecule has 0 unspecified atom stereocenters. The molecule has 0 aliphatic carbocycles. The van der Waals surface area contributed by atoms with E-state index in [9.17, 15) is 4.79 Å². The monoisotopic (exact) mass is 485 g/mol. The molecule has 0 amide bonds. The van der Waals surface area contributed by atoms with Crippen LogP contribution in [0.3, 0.4) is 0 Å². The number of aromatic nitrogens is 2. The lowest BCUT2D eigenvalue weighted by Crippen LogP contribution is -2.45. The third-order valence-electron chi connectivity index (χ3n) is 6.93. The summed E-state index contributed by atoms with van der Waals surface area (Å²) in [5, 5.41) is 2.01. The number of piperidine rings is 1. The first-order valence-corrected chi connectivity index (χ1v) is 12.2. The number of carbonyl (C=O) groups is 1. The minimum Gasteiger partial charge on any atom is -0.497 e. The number of hydrogen-bond acceptors (Lipinski definition) is 6. The van der Waals surface area contributed by atoms with Crippen molar-refractivity contribution in [2.45, 2.75) is 31.8 Å². The molecule has 0 bridgehead atoms. The summed E-state index contributed by atoms with van der Waals surface area (Å²) in [6.45, 7) is 2.41. The Kier molecular flexibility index (Phi) is 7.02. The van der Waals surface area contributed by atoms with Crippen molar-refractivity contribution in [1.29, 1.82) is 0 Å². The van der Waals surface area contributed by atoms with Gasteiger partial charge in [0.2, 0.25) is 0 Å². The Labute approximate surface area is 211 Å². The van der Waals surface area contributed by atoms with Gasteiger partial charge in [0.05, 0.1) is 43.9 Å². The van der Waals surface area contributed by atoms with Gasteiger partial charge in [-0.3, -0.25) is 9.63 Å². The summed E-state index contributed by atoms with van der Waals surface area (Å²) < 4.78 is 10.7. The average molecular weight is 486 g/mol. The molecule has 0 radical (unpaired) electrons. The Hall–Kier alpha value is -3.68. The van der Waals surface area contributed by atoms with Crippen LogP contribution in [0.1, 0.15) is 42.4 Å². The first kappa shape index (κ1) is 24.0. The van der Waals surface area contributed by atoms with E-state index in [-0.39, 0.29) is 23.8 Å². The van der Waals surface area contributed by atoms with Crippen LogP contribution >= 0.6 is 0 Å². The number of aromatic amines is 1. The van der Waals surface area contributed by atoms with Crippen molar-refractivity contribution < 1.29 is 19.1 Å². The molecule has 7 heteroatoms. The van der Waals surface area contributed by atoms with E-state index in [4.69, 9.17) is 14.3 Å². The van der Waals surface area contributed by atoms with Crippen molar-refractivity contribution in [1.82, 2.24) is 15.0 Å². The Bertz CT molecular complexity index is 1280. The van der Waals surface area contributed by atoms with E-state index in [1.54, 1.807) is 14.2 Å². The molecule has 5 rings (SSSR count). The first-order valence-electron chi connectivity index (χ1n) is 12.2. The van der Waals surface area contributed by atoms with Crippen molar-refractivity contribution >= 4 is 16.8 Å². The number of imidazole rings is 1. The van der Waals surface area contributed by atoms with Crippen molar-refractivity contribution in [2.24, 2.45) is 5.92 Å². The summed E-state index contributed by atoms with van der Waals surface area (Å²) in [6, 6.07) is 23.3. The predicted octanol–water partition coefficient (Wildman–Crippen LogP) is 5.45. The van der Waals surface area contributed by atoms with Crippen molar-refractivity contribution in [2.75, 3.05) is 20.8 Å². The average Bonchev–Trinajstić information content (AvgIpc) is 3.34. The van der Waals surface area contributed by atoms with Crippen LogP contribution in [-0.2, 0) is 16.1 Å². The number of nitrogens with one attached hydrogen (secondary N) is 1. The molecule has 1 saturated heterocycles. The quantitative estimate of drug-likeness (QED) is 0.358. The van der Waals surface area contributed by atoms with Gasteiger partial charge in [0.1, 0.15) is 23.1 Å². The number of carbonyl (C=O) groups excluding carboxylic acids is 1. The van der Waals surface area contributed by atoms with E-state index in [1.807, 2.05) is 84.8 Å². The maximum absolute atomic E-state index is 13.2. The zero-order valence-corrected chi connectivity index (χ0v) is 20.8. The van der Waals surface area contributed by atoms with Gasteiger partial charge in [-0.15, -0.1) is 0 Å². The normalized spacial score (nSPS) is 20.5. The van der Waals surface area contributed by atoms with E-state index >= 15 is 0 Å². The largest absolute Gasteiger partial charge is 0.497 e. The first-order chi connectivity index (χ1) is 17.6. The van der Waals surface area contributed by atoms with Gasteiger partial charge in [0, 0.05) is 18.8 Å². The molecule has 1 N–H and O–H groups in total. The zero-order chi connectivity index (χ0) is 25.1. The molecule has 3 atom stereocenters. The summed E-state index contributed by atoms with van der Waals surface area (Å²) in [5.41, 5.74) is 3.98.